The van der Waals surface area contributed by atoms with E-state index >= 15 is 0 Å². The zero-order valence-electron chi connectivity index (χ0n) is 8.34. The minimum atomic E-state index is -4.99. The molecular weight excluding hydrogens is 259 g/mol. The third-order valence-corrected chi connectivity index (χ3v) is 2.05. The van der Waals surface area contributed by atoms with E-state index < -0.39 is 24.4 Å². The third-order valence-electron chi connectivity index (χ3n) is 1.81. The molecule has 1 aromatic carbocycles. The molecular formula is C10H7ClF3NO2. The maximum atomic E-state index is 11.8. The molecule has 0 heterocycles. The second-order valence-electron chi connectivity index (χ2n) is 3.11. The van der Waals surface area contributed by atoms with Crippen molar-refractivity contribution in [1.82, 2.24) is 5.32 Å². The average Bonchev–Trinajstić information content (AvgIpc) is 2.24. The summed E-state index contributed by atoms with van der Waals surface area (Å²) in [7, 11) is 0. The average molecular weight is 266 g/mol. The first-order valence-corrected chi connectivity index (χ1v) is 4.82. The quantitative estimate of drug-likeness (QED) is 0.852. The summed E-state index contributed by atoms with van der Waals surface area (Å²) in [6, 6.07) is 5.71. The molecule has 3 nitrogen and oxygen atoms in total. The van der Waals surface area contributed by atoms with E-state index in [1.165, 1.54) is 29.6 Å². The first kappa shape index (κ1) is 13.5. The van der Waals surface area contributed by atoms with Gasteiger partial charge in [-0.1, -0.05) is 23.7 Å². The number of carbonyl (C=O) groups is 2. The van der Waals surface area contributed by atoms with E-state index in [0.29, 0.717) is 0 Å². The fourth-order valence-corrected chi connectivity index (χ4v) is 1.22. The summed E-state index contributed by atoms with van der Waals surface area (Å²) < 4.78 is 35.5. The van der Waals surface area contributed by atoms with E-state index in [1.54, 1.807) is 0 Å². The van der Waals surface area contributed by atoms with Gasteiger partial charge in [0.05, 0.1) is 6.54 Å². The van der Waals surface area contributed by atoms with Gasteiger partial charge in [-0.25, -0.2) is 0 Å². The predicted octanol–water partition coefficient (Wildman–Crippen LogP) is 2.20. The number of hydrogen-bond acceptors (Lipinski definition) is 2. The SMILES string of the molecule is O=C(CNC(=O)C(F)(F)F)c1cccc(Cl)c1. The fraction of sp³-hybridized carbons (Fsp3) is 0.200. The smallest absolute Gasteiger partial charge is 0.341 e. The highest BCUT2D eigenvalue weighted by Gasteiger charge is 2.38. The molecule has 0 unspecified atom stereocenters. The van der Waals surface area contributed by atoms with Crippen molar-refractivity contribution < 1.29 is 22.8 Å². The maximum Gasteiger partial charge on any atom is 0.471 e. The summed E-state index contributed by atoms with van der Waals surface area (Å²) in [6.45, 7) is -0.724. The number of rotatable bonds is 3. The number of benzene rings is 1. The third kappa shape index (κ3) is 4.07. The molecule has 1 amide bonds. The number of Topliss-reactive ketones (excluding diaryl/α,β-unsaturated/α-hetero) is 1. The lowest BCUT2D eigenvalue weighted by atomic mass is 10.1. The number of carbonyl (C=O) groups excluding carboxylic acids is 2. The molecule has 0 aromatic heterocycles. The highest BCUT2D eigenvalue weighted by molar-refractivity contribution is 6.31. The van der Waals surface area contributed by atoms with Gasteiger partial charge < -0.3 is 5.32 Å². The van der Waals surface area contributed by atoms with Gasteiger partial charge in [0.15, 0.2) is 5.78 Å². The lowest BCUT2D eigenvalue weighted by molar-refractivity contribution is -0.173. The van der Waals surface area contributed by atoms with Crippen LogP contribution in [0.1, 0.15) is 10.4 Å². The molecule has 0 bridgehead atoms. The number of hydrogen-bond donors (Lipinski definition) is 1. The molecule has 0 radical (unpaired) electrons. The Morgan fingerprint density at radius 2 is 1.94 bits per heavy atom. The summed E-state index contributed by atoms with van der Waals surface area (Å²) in [6.07, 6.45) is -4.99. The number of nitrogens with one attached hydrogen (secondary N) is 1. The number of amides is 1. The van der Waals surface area contributed by atoms with Crippen LogP contribution in [0.15, 0.2) is 24.3 Å². The van der Waals surface area contributed by atoms with Gasteiger partial charge in [0.2, 0.25) is 0 Å². The molecule has 0 aliphatic heterocycles. The van der Waals surface area contributed by atoms with Crippen molar-refractivity contribution in [3.8, 4) is 0 Å². The van der Waals surface area contributed by atoms with Crippen LogP contribution in [-0.2, 0) is 4.79 Å². The highest BCUT2D eigenvalue weighted by Crippen LogP contribution is 2.14. The molecule has 1 aromatic rings. The Morgan fingerprint density at radius 1 is 1.29 bits per heavy atom. The molecule has 0 saturated heterocycles. The standard InChI is InChI=1S/C10H7ClF3NO2/c11-7-3-1-2-6(4-7)8(16)5-15-9(17)10(12,13)14/h1-4H,5H2,(H,15,17). The molecule has 0 aliphatic rings. The van der Waals surface area contributed by atoms with Gasteiger partial charge in [-0.3, -0.25) is 9.59 Å². The maximum absolute atomic E-state index is 11.8. The second kappa shape index (κ2) is 5.18. The zero-order chi connectivity index (χ0) is 13.1. The lowest BCUT2D eigenvalue weighted by Crippen LogP contribution is -2.39. The van der Waals surface area contributed by atoms with Crippen LogP contribution in [0.2, 0.25) is 5.02 Å². The van der Waals surface area contributed by atoms with E-state index in [-0.39, 0.29) is 10.6 Å². The first-order valence-electron chi connectivity index (χ1n) is 4.44. The Kier molecular flexibility index (Phi) is 4.11. The van der Waals surface area contributed by atoms with E-state index in [1.807, 2.05) is 0 Å². The van der Waals surface area contributed by atoms with Gasteiger partial charge in [-0.2, -0.15) is 13.2 Å². The molecule has 0 saturated carbocycles. The molecule has 92 valence electrons. The topological polar surface area (TPSA) is 46.2 Å². The van der Waals surface area contributed by atoms with Crippen LogP contribution in [0, 0.1) is 0 Å². The Balaban J connectivity index is 2.60. The largest absolute Gasteiger partial charge is 0.471 e. The normalized spacial score (nSPS) is 11.1. The van der Waals surface area contributed by atoms with E-state index in [0.717, 1.165) is 0 Å². The van der Waals surface area contributed by atoms with Crippen LogP contribution in [-0.4, -0.2) is 24.4 Å². The summed E-state index contributed by atoms with van der Waals surface area (Å²) in [4.78, 5) is 21.8. The van der Waals surface area contributed by atoms with Crippen LogP contribution in [0.25, 0.3) is 0 Å². The summed E-state index contributed by atoms with van der Waals surface area (Å²) in [5.41, 5.74) is 0.139. The van der Waals surface area contributed by atoms with Crippen LogP contribution in [0.4, 0.5) is 13.2 Å². The second-order valence-corrected chi connectivity index (χ2v) is 3.55. The lowest BCUT2D eigenvalue weighted by Gasteiger charge is -2.07. The fourth-order valence-electron chi connectivity index (χ4n) is 1.02. The molecule has 17 heavy (non-hydrogen) atoms. The molecule has 1 rings (SSSR count). The highest BCUT2D eigenvalue weighted by atomic mass is 35.5. The van der Waals surface area contributed by atoms with Gasteiger partial charge in [0.1, 0.15) is 0 Å². The van der Waals surface area contributed by atoms with Gasteiger partial charge in [0.25, 0.3) is 0 Å². The van der Waals surface area contributed by atoms with Crippen LogP contribution < -0.4 is 5.32 Å². The van der Waals surface area contributed by atoms with Crippen molar-refractivity contribution >= 4 is 23.3 Å². The molecule has 0 spiro atoms. The van der Waals surface area contributed by atoms with Crippen molar-refractivity contribution in [3.05, 3.63) is 34.9 Å². The van der Waals surface area contributed by atoms with Gasteiger partial charge in [-0.05, 0) is 12.1 Å². The Hall–Kier alpha value is -1.56. The minimum absolute atomic E-state index is 0.139. The number of halogens is 4. The minimum Gasteiger partial charge on any atom is -0.341 e. The summed E-state index contributed by atoms with van der Waals surface area (Å²) >= 11 is 5.60. The van der Waals surface area contributed by atoms with Crippen LogP contribution in [0.5, 0.6) is 0 Å². The van der Waals surface area contributed by atoms with Gasteiger partial charge in [0, 0.05) is 10.6 Å². The van der Waals surface area contributed by atoms with Gasteiger partial charge in [-0.15, -0.1) is 0 Å². The van der Waals surface area contributed by atoms with Crippen LogP contribution >= 0.6 is 11.6 Å². The summed E-state index contributed by atoms with van der Waals surface area (Å²) in [5.74, 6) is -2.79. The van der Waals surface area contributed by atoms with E-state index in [4.69, 9.17) is 11.6 Å². The zero-order valence-corrected chi connectivity index (χ0v) is 9.10. The molecule has 1 N–H and O–H groups in total. The number of alkyl halides is 3. The number of ketones is 1. The van der Waals surface area contributed by atoms with Crippen molar-refractivity contribution in [1.29, 1.82) is 0 Å². The Morgan fingerprint density at radius 3 is 2.47 bits per heavy atom. The van der Waals surface area contributed by atoms with Crippen molar-refractivity contribution in [2.75, 3.05) is 6.54 Å². The molecule has 7 heteroatoms. The van der Waals surface area contributed by atoms with E-state index in [2.05, 4.69) is 0 Å². The molecule has 0 aliphatic carbocycles. The van der Waals surface area contributed by atoms with Crippen molar-refractivity contribution in [2.45, 2.75) is 6.18 Å². The molecule has 0 atom stereocenters. The summed E-state index contributed by atoms with van der Waals surface area (Å²) in [5, 5.41) is 1.77. The van der Waals surface area contributed by atoms with E-state index in [9.17, 15) is 22.8 Å². The first-order chi connectivity index (χ1) is 7.80. The van der Waals surface area contributed by atoms with Crippen molar-refractivity contribution in [2.24, 2.45) is 0 Å². The van der Waals surface area contributed by atoms with Crippen molar-refractivity contribution in [3.63, 3.8) is 0 Å². The Bertz CT molecular complexity index is 445. The predicted molar refractivity (Wildman–Crippen MR) is 54.8 cm³/mol. The van der Waals surface area contributed by atoms with Gasteiger partial charge >= 0.3 is 12.1 Å². The monoisotopic (exact) mass is 265 g/mol. The Labute approximate surface area is 99.6 Å². The van der Waals surface area contributed by atoms with Crippen LogP contribution in [0.3, 0.4) is 0 Å². The molecule has 0 fully saturated rings.